The van der Waals surface area contributed by atoms with E-state index in [0.29, 0.717) is 0 Å². The number of H-pyrrole nitrogens is 1. The molecule has 0 aliphatic heterocycles. The number of rotatable bonds is 3. The number of hydrogen-bond acceptors (Lipinski definition) is 2. The lowest BCUT2D eigenvalue weighted by atomic mass is 9.99. The summed E-state index contributed by atoms with van der Waals surface area (Å²) in [6, 6.07) is 3.72. The quantitative estimate of drug-likeness (QED) is 0.835. The van der Waals surface area contributed by atoms with Crippen molar-refractivity contribution >= 4 is 22.6 Å². The zero-order chi connectivity index (χ0) is 13.8. The van der Waals surface area contributed by atoms with E-state index in [1.165, 1.54) is 18.4 Å². The second kappa shape index (κ2) is 5.74. The van der Waals surface area contributed by atoms with Crippen molar-refractivity contribution in [3.8, 4) is 0 Å². The number of carbonyl (C=O) groups is 1. The Morgan fingerprint density at radius 1 is 1.35 bits per heavy atom. The number of aromatic nitrogens is 2. The molecule has 0 aromatic carbocycles. The van der Waals surface area contributed by atoms with Gasteiger partial charge in [0, 0.05) is 23.9 Å². The molecule has 0 atom stereocenters. The standard InChI is InChI=1S/C16H17N3O/c20-15(7-6-12-4-2-1-3-5-12)19-14-9-11-18-16-13(14)8-10-17-16/h4,6-11H,1-3,5H2,(H2,17,18,19,20). The van der Waals surface area contributed by atoms with Crippen molar-refractivity contribution in [1.29, 1.82) is 0 Å². The third-order valence-electron chi connectivity index (χ3n) is 3.49. The number of hydrogen-bond donors (Lipinski definition) is 2. The molecular formula is C16H17N3O. The van der Waals surface area contributed by atoms with E-state index in [2.05, 4.69) is 21.4 Å². The molecule has 1 amide bonds. The summed E-state index contributed by atoms with van der Waals surface area (Å²) in [6.07, 6.45) is 13.9. The first kappa shape index (κ1) is 12.7. The molecule has 20 heavy (non-hydrogen) atoms. The molecule has 2 aromatic rings. The molecule has 1 aliphatic rings. The molecule has 2 N–H and O–H groups in total. The zero-order valence-corrected chi connectivity index (χ0v) is 11.2. The molecule has 0 saturated heterocycles. The van der Waals surface area contributed by atoms with Crippen LogP contribution in [0.4, 0.5) is 5.69 Å². The minimum atomic E-state index is -0.106. The Kier molecular flexibility index (Phi) is 3.63. The molecular weight excluding hydrogens is 250 g/mol. The largest absolute Gasteiger partial charge is 0.346 e. The first-order chi connectivity index (χ1) is 9.83. The molecule has 4 heteroatoms. The van der Waals surface area contributed by atoms with Gasteiger partial charge in [-0.2, -0.15) is 0 Å². The fourth-order valence-electron chi connectivity index (χ4n) is 2.44. The number of nitrogens with one attached hydrogen (secondary N) is 2. The van der Waals surface area contributed by atoms with Crippen LogP contribution in [0.15, 0.2) is 48.3 Å². The van der Waals surface area contributed by atoms with Crippen LogP contribution in [-0.2, 0) is 4.79 Å². The maximum atomic E-state index is 12.0. The Bertz CT molecular complexity index is 682. The predicted octanol–water partition coefficient (Wildman–Crippen LogP) is 3.56. The van der Waals surface area contributed by atoms with Crippen LogP contribution in [0.3, 0.4) is 0 Å². The average molecular weight is 267 g/mol. The van der Waals surface area contributed by atoms with Gasteiger partial charge in [0.2, 0.25) is 5.91 Å². The van der Waals surface area contributed by atoms with Gasteiger partial charge in [-0.1, -0.05) is 17.7 Å². The number of carbonyl (C=O) groups excluding carboxylic acids is 1. The third-order valence-corrected chi connectivity index (χ3v) is 3.49. The maximum Gasteiger partial charge on any atom is 0.248 e. The van der Waals surface area contributed by atoms with Crippen LogP contribution in [0.2, 0.25) is 0 Å². The van der Waals surface area contributed by atoms with E-state index in [0.717, 1.165) is 29.6 Å². The topological polar surface area (TPSA) is 57.8 Å². The highest BCUT2D eigenvalue weighted by molar-refractivity contribution is 6.05. The fourth-order valence-corrected chi connectivity index (χ4v) is 2.44. The SMILES string of the molecule is O=C(C=CC1=CCCCC1)Nc1ccnc2[nH]ccc12. The van der Waals surface area contributed by atoms with Gasteiger partial charge in [0.15, 0.2) is 0 Å². The first-order valence-electron chi connectivity index (χ1n) is 6.93. The summed E-state index contributed by atoms with van der Waals surface area (Å²) < 4.78 is 0. The van der Waals surface area contributed by atoms with Crippen LogP contribution in [0, 0.1) is 0 Å². The van der Waals surface area contributed by atoms with Crippen molar-refractivity contribution in [2.24, 2.45) is 0 Å². The van der Waals surface area contributed by atoms with Gasteiger partial charge in [-0.05, 0) is 37.8 Å². The van der Waals surface area contributed by atoms with Crippen molar-refractivity contribution in [3.63, 3.8) is 0 Å². The molecule has 0 fully saturated rings. The van der Waals surface area contributed by atoms with E-state index in [9.17, 15) is 4.79 Å². The average Bonchev–Trinajstić information content (AvgIpc) is 2.96. The number of anilines is 1. The highest BCUT2D eigenvalue weighted by atomic mass is 16.1. The molecule has 0 radical (unpaired) electrons. The normalized spacial score (nSPS) is 15.5. The predicted molar refractivity (Wildman–Crippen MR) is 80.4 cm³/mol. The van der Waals surface area contributed by atoms with E-state index in [4.69, 9.17) is 0 Å². The summed E-state index contributed by atoms with van der Waals surface area (Å²) in [5.74, 6) is -0.106. The van der Waals surface area contributed by atoms with Crippen LogP contribution in [0.1, 0.15) is 25.7 Å². The van der Waals surface area contributed by atoms with Gasteiger partial charge < -0.3 is 10.3 Å². The zero-order valence-electron chi connectivity index (χ0n) is 11.2. The Balaban J connectivity index is 1.71. The van der Waals surface area contributed by atoms with E-state index >= 15 is 0 Å². The summed E-state index contributed by atoms with van der Waals surface area (Å²) in [7, 11) is 0. The lowest BCUT2D eigenvalue weighted by molar-refractivity contribution is -0.111. The fraction of sp³-hybridized carbons (Fsp3) is 0.250. The van der Waals surface area contributed by atoms with E-state index < -0.39 is 0 Å². The summed E-state index contributed by atoms with van der Waals surface area (Å²) >= 11 is 0. The van der Waals surface area contributed by atoms with Gasteiger partial charge in [-0.15, -0.1) is 0 Å². The first-order valence-corrected chi connectivity index (χ1v) is 6.93. The van der Waals surface area contributed by atoms with Gasteiger partial charge in [-0.25, -0.2) is 4.98 Å². The van der Waals surface area contributed by atoms with E-state index in [-0.39, 0.29) is 5.91 Å². The number of pyridine rings is 1. The second-order valence-corrected chi connectivity index (χ2v) is 4.95. The molecule has 0 bridgehead atoms. The number of nitrogens with zero attached hydrogens (tertiary/aromatic N) is 1. The maximum absolute atomic E-state index is 12.0. The molecule has 0 saturated carbocycles. The minimum Gasteiger partial charge on any atom is -0.346 e. The van der Waals surface area contributed by atoms with Gasteiger partial charge >= 0.3 is 0 Å². The molecule has 0 spiro atoms. The van der Waals surface area contributed by atoms with E-state index in [1.807, 2.05) is 24.4 Å². The smallest absolute Gasteiger partial charge is 0.248 e. The van der Waals surface area contributed by atoms with Crippen LogP contribution >= 0.6 is 0 Å². The summed E-state index contributed by atoms with van der Waals surface area (Å²) in [5, 5.41) is 3.82. The van der Waals surface area contributed by atoms with Crippen molar-refractivity contribution in [1.82, 2.24) is 9.97 Å². The van der Waals surface area contributed by atoms with Crippen LogP contribution < -0.4 is 5.32 Å². The number of fused-ring (bicyclic) bond motifs is 1. The highest BCUT2D eigenvalue weighted by Gasteiger charge is 2.05. The molecule has 4 nitrogen and oxygen atoms in total. The molecule has 2 heterocycles. The number of amides is 1. The number of allylic oxidation sites excluding steroid dienone is 3. The van der Waals surface area contributed by atoms with Crippen LogP contribution in [0.5, 0.6) is 0 Å². The van der Waals surface area contributed by atoms with Gasteiger partial charge in [-0.3, -0.25) is 4.79 Å². The summed E-state index contributed by atoms with van der Waals surface area (Å²) in [4.78, 5) is 19.2. The lowest BCUT2D eigenvalue weighted by Gasteiger charge is -2.08. The van der Waals surface area contributed by atoms with Crippen molar-refractivity contribution in [2.75, 3.05) is 5.32 Å². The monoisotopic (exact) mass is 267 g/mol. The Morgan fingerprint density at radius 2 is 2.30 bits per heavy atom. The molecule has 3 rings (SSSR count). The van der Waals surface area contributed by atoms with Crippen LogP contribution in [0.25, 0.3) is 11.0 Å². The Morgan fingerprint density at radius 3 is 3.15 bits per heavy atom. The molecule has 102 valence electrons. The van der Waals surface area contributed by atoms with Crippen molar-refractivity contribution in [3.05, 3.63) is 48.3 Å². The Labute approximate surface area is 117 Å². The van der Waals surface area contributed by atoms with Gasteiger partial charge in [0.25, 0.3) is 0 Å². The summed E-state index contributed by atoms with van der Waals surface area (Å²) in [6.45, 7) is 0. The number of aromatic amines is 1. The van der Waals surface area contributed by atoms with Crippen LogP contribution in [-0.4, -0.2) is 15.9 Å². The van der Waals surface area contributed by atoms with Gasteiger partial charge in [0.1, 0.15) is 5.65 Å². The molecule has 2 aromatic heterocycles. The lowest BCUT2D eigenvalue weighted by Crippen LogP contribution is -2.08. The minimum absolute atomic E-state index is 0.106. The van der Waals surface area contributed by atoms with Crippen molar-refractivity contribution in [2.45, 2.75) is 25.7 Å². The van der Waals surface area contributed by atoms with E-state index in [1.54, 1.807) is 12.3 Å². The highest BCUT2D eigenvalue weighted by Crippen LogP contribution is 2.21. The third kappa shape index (κ3) is 2.79. The Hall–Kier alpha value is -2.36. The molecule has 1 aliphatic carbocycles. The molecule has 0 unspecified atom stereocenters. The van der Waals surface area contributed by atoms with Gasteiger partial charge in [0.05, 0.1) is 5.69 Å². The van der Waals surface area contributed by atoms with Crippen molar-refractivity contribution < 1.29 is 4.79 Å². The summed E-state index contributed by atoms with van der Waals surface area (Å²) in [5.41, 5.74) is 2.82. The second-order valence-electron chi connectivity index (χ2n) is 4.95.